The molecular weight excluding hydrogens is 482 g/mol. The summed E-state index contributed by atoms with van der Waals surface area (Å²) in [4.78, 5) is 17.0. The number of rotatable bonds is 8. The van der Waals surface area contributed by atoms with Gasteiger partial charge in [0.2, 0.25) is 0 Å². The molecule has 1 amide bonds. The number of anilines is 1. The van der Waals surface area contributed by atoms with Crippen molar-refractivity contribution in [3.8, 4) is 23.1 Å². The smallest absolute Gasteiger partial charge is 0.336 e. The van der Waals surface area contributed by atoms with Crippen LogP contribution in [0.5, 0.6) is 6.01 Å². The summed E-state index contributed by atoms with van der Waals surface area (Å²) in [6, 6.07) is 17.6. The summed E-state index contributed by atoms with van der Waals surface area (Å²) < 4.78 is 25.4. The maximum atomic E-state index is 13.2. The quantitative estimate of drug-likeness (QED) is 0.316. The monoisotopic (exact) mass is 500 g/mol. The van der Waals surface area contributed by atoms with E-state index < -0.39 is 5.82 Å². The zero-order valence-corrected chi connectivity index (χ0v) is 19.5. The molecule has 0 aliphatic rings. The van der Waals surface area contributed by atoms with Gasteiger partial charge in [-0.25, -0.2) is 9.07 Å². The Kier molecular flexibility index (Phi) is 7.42. The van der Waals surface area contributed by atoms with Crippen molar-refractivity contribution in [3.63, 3.8) is 0 Å². The van der Waals surface area contributed by atoms with Crippen LogP contribution in [0.25, 0.3) is 17.1 Å². The lowest BCUT2D eigenvalue weighted by Gasteiger charge is -2.10. The minimum absolute atomic E-state index is 0.152. The molecule has 0 bridgehead atoms. The number of nitrogens with zero attached hydrogens (tertiary/aromatic N) is 3. The van der Waals surface area contributed by atoms with Gasteiger partial charge in [-0.15, -0.1) is 5.10 Å². The van der Waals surface area contributed by atoms with E-state index in [1.807, 2.05) is 6.07 Å². The Morgan fingerprint density at radius 2 is 1.82 bits per heavy atom. The average Bonchev–Trinajstić information content (AvgIpc) is 3.26. The van der Waals surface area contributed by atoms with E-state index in [1.54, 1.807) is 48.2 Å². The molecular formula is C24H19Cl2FN4O3. The Morgan fingerprint density at radius 3 is 2.56 bits per heavy atom. The van der Waals surface area contributed by atoms with Crippen LogP contribution in [0.2, 0.25) is 10.0 Å². The predicted octanol–water partition coefficient (Wildman–Crippen LogP) is 5.66. The van der Waals surface area contributed by atoms with Crippen molar-refractivity contribution in [3.05, 3.63) is 88.2 Å². The number of benzene rings is 3. The van der Waals surface area contributed by atoms with Gasteiger partial charge in [0.1, 0.15) is 12.4 Å². The SMILES string of the molecule is COCCOc1nc(-c2ccc(Cl)c(Cl)c2)n(-c2cccc(NC(=O)c3ccc(F)cc3)c2)n1. The van der Waals surface area contributed by atoms with Crippen molar-refractivity contribution < 1.29 is 18.7 Å². The van der Waals surface area contributed by atoms with Gasteiger partial charge in [-0.1, -0.05) is 29.3 Å². The minimum atomic E-state index is -0.414. The van der Waals surface area contributed by atoms with Gasteiger partial charge >= 0.3 is 6.01 Å². The predicted molar refractivity (Wildman–Crippen MR) is 129 cm³/mol. The van der Waals surface area contributed by atoms with Gasteiger partial charge in [0.15, 0.2) is 5.82 Å². The van der Waals surface area contributed by atoms with Gasteiger partial charge in [0.05, 0.1) is 22.3 Å². The molecule has 3 aromatic carbocycles. The number of nitrogens with one attached hydrogen (secondary N) is 1. The van der Waals surface area contributed by atoms with Gasteiger partial charge in [0, 0.05) is 23.9 Å². The van der Waals surface area contributed by atoms with E-state index in [4.69, 9.17) is 32.7 Å². The normalized spacial score (nSPS) is 10.8. The van der Waals surface area contributed by atoms with Crippen LogP contribution in [0.3, 0.4) is 0 Å². The van der Waals surface area contributed by atoms with Crippen LogP contribution in [0.15, 0.2) is 66.7 Å². The molecule has 0 radical (unpaired) electrons. The molecule has 0 saturated carbocycles. The second-order valence-corrected chi connectivity index (χ2v) is 7.93. The zero-order valence-electron chi connectivity index (χ0n) is 18.0. The summed E-state index contributed by atoms with van der Waals surface area (Å²) in [6.45, 7) is 0.649. The van der Waals surface area contributed by atoms with Gasteiger partial charge < -0.3 is 14.8 Å². The standard InChI is InChI=1S/C24H19Cl2FN4O3/c1-33-11-12-34-24-29-22(16-7-10-20(25)21(26)13-16)31(30-24)19-4-2-3-18(14-19)28-23(32)15-5-8-17(27)9-6-15/h2-10,13-14H,11-12H2,1H3,(H,28,32). The summed E-state index contributed by atoms with van der Waals surface area (Å²) in [5.41, 5.74) is 2.14. The third-order valence-corrected chi connectivity index (χ3v) is 5.48. The molecule has 7 nitrogen and oxygen atoms in total. The highest BCUT2D eigenvalue weighted by Crippen LogP contribution is 2.30. The third-order valence-electron chi connectivity index (χ3n) is 4.74. The van der Waals surface area contributed by atoms with Crippen molar-refractivity contribution in [1.82, 2.24) is 14.8 Å². The molecule has 0 saturated heterocycles. The molecule has 1 aromatic heterocycles. The molecule has 0 atom stereocenters. The summed E-state index contributed by atoms with van der Waals surface area (Å²) in [7, 11) is 1.57. The van der Waals surface area contributed by atoms with E-state index in [2.05, 4.69) is 15.4 Å². The molecule has 0 spiro atoms. The van der Waals surface area contributed by atoms with E-state index in [1.165, 1.54) is 24.3 Å². The Balaban J connectivity index is 1.67. The van der Waals surface area contributed by atoms with E-state index in [0.29, 0.717) is 45.0 Å². The van der Waals surface area contributed by atoms with Gasteiger partial charge in [-0.05, 0) is 60.7 Å². The summed E-state index contributed by atoms with van der Waals surface area (Å²) in [5.74, 6) is -0.319. The number of carbonyl (C=O) groups excluding carboxylic acids is 1. The lowest BCUT2D eigenvalue weighted by Crippen LogP contribution is -2.12. The highest BCUT2D eigenvalue weighted by atomic mass is 35.5. The molecule has 0 unspecified atom stereocenters. The molecule has 10 heteroatoms. The molecule has 4 rings (SSSR count). The number of hydrogen-bond acceptors (Lipinski definition) is 5. The van der Waals surface area contributed by atoms with Crippen molar-refractivity contribution in [1.29, 1.82) is 0 Å². The van der Waals surface area contributed by atoms with Crippen molar-refractivity contribution in [2.24, 2.45) is 0 Å². The largest absolute Gasteiger partial charge is 0.460 e. The molecule has 174 valence electrons. The van der Waals surface area contributed by atoms with Crippen LogP contribution in [-0.4, -0.2) is 41.0 Å². The number of amides is 1. The first-order valence-corrected chi connectivity index (χ1v) is 10.9. The second kappa shape index (κ2) is 10.6. The number of methoxy groups -OCH3 is 1. The third kappa shape index (κ3) is 5.53. The molecule has 0 aliphatic heterocycles. The number of aromatic nitrogens is 3. The molecule has 1 N–H and O–H groups in total. The van der Waals surface area contributed by atoms with E-state index >= 15 is 0 Å². The Morgan fingerprint density at radius 1 is 1.03 bits per heavy atom. The topological polar surface area (TPSA) is 78.3 Å². The first-order chi connectivity index (χ1) is 16.4. The number of ether oxygens (including phenoxy) is 2. The van der Waals surface area contributed by atoms with Crippen LogP contribution in [0.4, 0.5) is 10.1 Å². The Hall–Kier alpha value is -3.46. The second-order valence-electron chi connectivity index (χ2n) is 7.11. The van der Waals surface area contributed by atoms with Gasteiger partial charge in [-0.2, -0.15) is 4.98 Å². The molecule has 4 aromatic rings. The van der Waals surface area contributed by atoms with Crippen LogP contribution < -0.4 is 10.1 Å². The van der Waals surface area contributed by atoms with Crippen LogP contribution in [0.1, 0.15) is 10.4 Å². The van der Waals surface area contributed by atoms with Crippen LogP contribution >= 0.6 is 23.2 Å². The fourth-order valence-electron chi connectivity index (χ4n) is 3.09. The van der Waals surface area contributed by atoms with Gasteiger partial charge in [-0.3, -0.25) is 4.79 Å². The first kappa shape index (κ1) is 23.7. The van der Waals surface area contributed by atoms with E-state index in [0.717, 1.165) is 0 Å². The lowest BCUT2D eigenvalue weighted by molar-refractivity contribution is 0.102. The summed E-state index contributed by atoms with van der Waals surface area (Å²) >= 11 is 12.3. The average molecular weight is 501 g/mol. The molecule has 34 heavy (non-hydrogen) atoms. The maximum Gasteiger partial charge on any atom is 0.336 e. The van der Waals surface area contributed by atoms with E-state index in [9.17, 15) is 9.18 Å². The lowest BCUT2D eigenvalue weighted by atomic mass is 10.2. The molecule has 1 heterocycles. The fraction of sp³-hybridized carbons (Fsp3) is 0.125. The van der Waals surface area contributed by atoms with Crippen molar-refractivity contribution in [2.45, 2.75) is 0 Å². The summed E-state index contributed by atoms with van der Waals surface area (Å²) in [5, 5.41) is 8.06. The number of carbonyl (C=O) groups is 1. The Labute approximate surface area is 205 Å². The Bertz CT molecular complexity index is 1310. The van der Waals surface area contributed by atoms with Crippen molar-refractivity contribution in [2.75, 3.05) is 25.6 Å². The first-order valence-electron chi connectivity index (χ1n) is 10.2. The van der Waals surface area contributed by atoms with Crippen LogP contribution in [-0.2, 0) is 4.74 Å². The number of halogens is 3. The van der Waals surface area contributed by atoms with Gasteiger partial charge in [0.25, 0.3) is 5.91 Å². The molecule has 0 aliphatic carbocycles. The maximum absolute atomic E-state index is 13.2. The zero-order chi connectivity index (χ0) is 24.1. The van der Waals surface area contributed by atoms with Crippen molar-refractivity contribution >= 4 is 34.8 Å². The number of hydrogen-bond donors (Lipinski definition) is 1. The van der Waals surface area contributed by atoms with E-state index in [-0.39, 0.29) is 18.5 Å². The van der Waals surface area contributed by atoms with Crippen LogP contribution in [0, 0.1) is 5.82 Å². The highest BCUT2D eigenvalue weighted by Gasteiger charge is 2.17. The summed E-state index contributed by atoms with van der Waals surface area (Å²) in [6.07, 6.45) is 0. The fourth-order valence-corrected chi connectivity index (χ4v) is 3.39. The highest BCUT2D eigenvalue weighted by molar-refractivity contribution is 6.42. The minimum Gasteiger partial charge on any atom is -0.460 e. The molecule has 0 fully saturated rings.